The van der Waals surface area contributed by atoms with Gasteiger partial charge in [-0.15, -0.1) is 0 Å². The Bertz CT molecular complexity index is 203. The Morgan fingerprint density at radius 2 is 1.89 bits per heavy atom. The van der Waals surface area contributed by atoms with Gasteiger partial charge in [0.1, 0.15) is 0 Å². The molecule has 108 valence electrons. The Balaban J connectivity index is 2.04. The van der Waals surface area contributed by atoms with Gasteiger partial charge in [0.2, 0.25) is 0 Å². The van der Waals surface area contributed by atoms with E-state index in [1.54, 1.807) is 0 Å². The lowest BCUT2D eigenvalue weighted by molar-refractivity contribution is 0.128. The van der Waals surface area contributed by atoms with Crippen LogP contribution in [0.5, 0.6) is 0 Å². The van der Waals surface area contributed by atoms with Crippen molar-refractivity contribution in [2.24, 2.45) is 11.8 Å². The van der Waals surface area contributed by atoms with E-state index in [1.165, 1.54) is 50.2 Å². The van der Waals surface area contributed by atoms with Crippen molar-refractivity contribution in [3.63, 3.8) is 0 Å². The summed E-state index contributed by atoms with van der Waals surface area (Å²) in [4.78, 5) is 2.55. The van der Waals surface area contributed by atoms with Crippen molar-refractivity contribution >= 4 is 11.8 Å². The fourth-order valence-electron chi connectivity index (χ4n) is 2.69. The summed E-state index contributed by atoms with van der Waals surface area (Å²) in [6, 6.07) is 0.767. The highest BCUT2D eigenvalue weighted by atomic mass is 32.2. The second kappa shape index (κ2) is 9.22. The smallest absolute Gasteiger partial charge is 0.0459 e. The zero-order valence-corrected chi connectivity index (χ0v) is 13.2. The largest absolute Gasteiger partial charge is 0.396 e. The van der Waals surface area contributed by atoms with Crippen LogP contribution >= 0.6 is 11.8 Å². The fourth-order valence-corrected chi connectivity index (χ4v) is 3.66. The minimum absolute atomic E-state index is 0.391. The third-order valence-corrected chi connectivity index (χ3v) is 5.43. The van der Waals surface area contributed by atoms with Crippen LogP contribution in [0.1, 0.15) is 46.0 Å². The van der Waals surface area contributed by atoms with E-state index in [1.807, 2.05) is 0 Å². The molecular formula is C15H31NOS. The van der Waals surface area contributed by atoms with E-state index in [0.29, 0.717) is 12.5 Å². The van der Waals surface area contributed by atoms with Crippen LogP contribution in [-0.4, -0.2) is 47.8 Å². The van der Waals surface area contributed by atoms with Crippen LogP contribution in [0.25, 0.3) is 0 Å². The molecule has 0 aromatic carbocycles. The van der Waals surface area contributed by atoms with Crippen LogP contribution in [0, 0.1) is 11.8 Å². The summed E-state index contributed by atoms with van der Waals surface area (Å²) >= 11 is 2.09. The molecule has 1 aliphatic rings. The first-order valence-electron chi connectivity index (χ1n) is 7.52. The summed E-state index contributed by atoms with van der Waals surface area (Å²) in [7, 11) is 2.27. The molecule has 1 N–H and O–H groups in total. The molecule has 0 aliphatic heterocycles. The topological polar surface area (TPSA) is 23.5 Å². The minimum atomic E-state index is 0.391. The van der Waals surface area contributed by atoms with E-state index in [4.69, 9.17) is 5.11 Å². The van der Waals surface area contributed by atoms with Gasteiger partial charge < -0.3 is 10.0 Å². The molecule has 1 rings (SSSR count). The maximum Gasteiger partial charge on any atom is 0.0459 e. The summed E-state index contributed by atoms with van der Waals surface area (Å²) in [5.41, 5.74) is 0. The van der Waals surface area contributed by atoms with Crippen molar-refractivity contribution in [3.8, 4) is 0 Å². The molecule has 3 heteroatoms. The SMILES string of the molecule is CC(C)CSCCCN(C)C1CCC(CO)CC1. The first-order valence-corrected chi connectivity index (χ1v) is 8.67. The molecule has 0 spiro atoms. The zero-order chi connectivity index (χ0) is 13.4. The summed E-state index contributed by atoms with van der Waals surface area (Å²) in [6.07, 6.45) is 6.30. The summed E-state index contributed by atoms with van der Waals surface area (Å²) in [6.45, 7) is 6.21. The summed E-state index contributed by atoms with van der Waals surface area (Å²) < 4.78 is 0. The third kappa shape index (κ3) is 6.44. The number of rotatable bonds is 8. The van der Waals surface area contributed by atoms with Crippen molar-refractivity contribution < 1.29 is 5.11 Å². The summed E-state index contributed by atoms with van der Waals surface area (Å²) in [5.74, 6) is 4.00. The molecule has 1 saturated carbocycles. The third-order valence-electron chi connectivity index (χ3n) is 3.95. The molecule has 2 nitrogen and oxygen atoms in total. The van der Waals surface area contributed by atoms with E-state index in [2.05, 4.69) is 37.6 Å². The van der Waals surface area contributed by atoms with Gasteiger partial charge in [-0.2, -0.15) is 11.8 Å². The van der Waals surface area contributed by atoms with Crippen LogP contribution in [0.3, 0.4) is 0 Å². The second-order valence-electron chi connectivity index (χ2n) is 6.16. The zero-order valence-electron chi connectivity index (χ0n) is 12.4. The van der Waals surface area contributed by atoms with E-state index < -0.39 is 0 Å². The van der Waals surface area contributed by atoms with Gasteiger partial charge in [0.05, 0.1) is 0 Å². The lowest BCUT2D eigenvalue weighted by Gasteiger charge is -2.34. The van der Waals surface area contributed by atoms with Crippen LogP contribution in [0.4, 0.5) is 0 Å². The van der Waals surface area contributed by atoms with Crippen LogP contribution in [-0.2, 0) is 0 Å². The van der Waals surface area contributed by atoms with E-state index in [-0.39, 0.29) is 0 Å². The van der Waals surface area contributed by atoms with Crippen LogP contribution in [0.2, 0.25) is 0 Å². The Hall–Kier alpha value is 0.270. The van der Waals surface area contributed by atoms with Gasteiger partial charge in [-0.3, -0.25) is 0 Å². The van der Waals surface area contributed by atoms with E-state index >= 15 is 0 Å². The standard InChI is InChI=1S/C15H31NOS/c1-13(2)12-18-10-4-9-16(3)15-7-5-14(11-17)6-8-15/h13-15,17H,4-12H2,1-3H3. The van der Waals surface area contributed by atoms with Crippen molar-refractivity contribution in [2.45, 2.75) is 52.0 Å². The average Bonchev–Trinajstić information content (AvgIpc) is 2.38. The molecule has 0 bridgehead atoms. The van der Waals surface area contributed by atoms with E-state index in [9.17, 15) is 0 Å². The molecule has 0 aromatic rings. The molecule has 0 heterocycles. The van der Waals surface area contributed by atoms with Gasteiger partial charge in [-0.25, -0.2) is 0 Å². The fraction of sp³-hybridized carbons (Fsp3) is 1.00. The number of nitrogens with zero attached hydrogens (tertiary/aromatic N) is 1. The Kier molecular flexibility index (Phi) is 8.36. The maximum absolute atomic E-state index is 9.14. The van der Waals surface area contributed by atoms with E-state index in [0.717, 1.165) is 12.0 Å². The molecule has 0 amide bonds. The predicted octanol–water partition coefficient (Wildman–Crippen LogP) is 3.25. The van der Waals surface area contributed by atoms with Gasteiger partial charge in [0, 0.05) is 12.6 Å². The highest BCUT2D eigenvalue weighted by Gasteiger charge is 2.22. The molecule has 0 unspecified atom stereocenters. The predicted molar refractivity (Wildman–Crippen MR) is 82.2 cm³/mol. The van der Waals surface area contributed by atoms with Gasteiger partial charge >= 0.3 is 0 Å². The summed E-state index contributed by atoms with van der Waals surface area (Å²) in [5, 5.41) is 9.14. The quantitative estimate of drug-likeness (QED) is 0.687. The first kappa shape index (κ1) is 16.3. The Morgan fingerprint density at radius 3 is 2.44 bits per heavy atom. The molecular weight excluding hydrogens is 242 g/mol. The van der Waals surface area contributed by atoms with Crippen molar-refractivity contribution in [1.29, 1.82) is 0 Å². The molecule has 0 aromatic heterocycles. The molecule has 1 aliphatic carbocycles. The van der Waals surface area contributed by atoms with Crippen LogP contribution in [0.15, 0.2) is 0 Å². The lowest BCUT2D eigenvalue weighted by atomic mass is 9.86. The van der Waals surface area contributed by atoms with Crippen molar-refractivity contribution in [3.05, 3.63) is 0 Å². The molecule has 0 atom stereocenters. The molecule has 18 heavy (non-hydrogen) atoms. The minimum Gasteiger partial charge on any atom is -0.396 e. The van der Waals surface area contributed by atoms with Crippen molar-refractivity contribution in [2.75, 3.05) is 31.7 Å². The van der Waals surface area contributed by atoms with Gasteiger partial charge in [0.15, 0.2) is 0 Å². The van der Waals surface area contributed by atoms with Crippen molar-refractivity contribution in [1.82, 2.24) is 4.90 Å². The monoisotopic (exact) mass is 273 g/mol. The number of aliphatic hydroxyl groups excluding tert-OH is 1. The van der Waals surface area contributed by atoms with Gasteiger partial charge in [-0.05, 0) is 69.0 Å². The molecule has 0 saturated heterocycles. The number of thioether (sulfide) groups is 1. The molecule has 0 radical (unpaired) electrons. The Morgan fingerprint density at radius 1 is 1.22 bits per heavy atom. The molecule has 1 fully saturated rings. The second-order valence-corrected chi connectivity index (χ2v) is 7.31. The normalized spacial score (nSPS) is 25.0. The van der Waals surface area contributed by atoms with Gasteiger partial charge in [-0.1, -0.05) is 13.8 Å². The number of aliphatic hydroxyl groups is 1. The lowest BCUT2D eigenvalue weighted by Crippen LogP contribution is -2.36. The first-order chi connectivity index (χ1) is 8.63. The average molecular weight is 273 g/mol. The van der Waals surface area contributed by atoms with Gasteiger partial charge in [0.25, 0.3) is 0 Å². The number of hydrogen-bond donors (Lipinski definition) is 1. The highest BCUT2D eigenvalue weighted by Crippen LogP contribution is 2.26. The maximum atomic E-state index is 9.14. The highest BCUT2D eigenvalue weighted by molar-refractivity contribution is 7.99. The number of hydrogen-bond acceptors (Lipinski definition) is 3. The van der Waals surface area contributed by atoms with Crippen LogP contribution < -0.4 is 0 Å². The Labute approximate surface area is 118 Å².